The lowest BCUT2D eigenvalue weighted by Gasteiger charge is -2.17. The van der Waals surface area contributed by atoms with E-state index in [1.165, 1.54) is 22.5 Å². The fourth-order valence-corrected chi connectivity index (χ4v) is 4.54. The Bertz CT molecular complexity index is 646. The van der Waals surface area contributed by atoms with Crippen molar-refractivity contribution >= 4 is 38.6 Å². The van der Waals surface area contributed by atoms with Gasteiger partial charge >= 0.3 is 5.97 Å². The lowest BCUT2D eigenvalue weighted by Crippen LogP contribution is -2.29. The van der Waals surface area contributed by atoms with E-state index in [4.69, 9.17) is 10.2 Å². The van der Waals surface area contributed by atoms with E-state index in [9.17, 15) is 13.2 Å². The molecule has 2 rings (SSSR count). The molecule has 1 aliphatic heterocycles. The zero-order valence-electron chi connectivity index (χ0n) is 11.2. The molecule has 0 aliphatic carbocycles. The van der Waals surface area contributed by atoms with E-state index in [-0.39, 0.29) is 23.0 Å². The van der Waals surface area contributed by atoms with E-state index in [0.29, 0.717) is 23.1 Å². The SMILES string of the molecule is O=C(O)c1cc(S(=O)(=O)N2CCC(CCO)C2)ccc1I. The molecule has 6 nitrogen and oxygen atoms in total. The second-order valence-corrected chi connectivity index (χ2v) is 8.08. The molecule has 0 radical (unpaired) electrons. The predicted octanol–water partition coefficient (Wildman–Crippen LogP) is 1.38. The highest BCUT2D eigenvalue weighted by atomic mass is 127. The summed E-state index contributed by atoms with van der Waals surface area (Å²) in [5.41, 5.74) is -0.0113. The minimum absolute atomic E-state index is 0.00460. The molecule has 1 saturated heterocycles. The molecule has 1 fully saturated rings. The Morgan fingerprint density at radius 1 is 1.43 bits per heavy atom. The number of halogens is 1. The van der Waals surface area contributed by atoms with Crippen molar-refractivity contribution in [2.45, 2.75) is 17.7 Å². The molecule has 21 heavy (non-hydrogen) atoms. The molecule has 1 atom stereocenters. The summed E-state index contributed by atoms with van der Waals surface area (Å²) in [6.45, 7) is 0.823. The van der Waals surface area contributed by atoms with E-state index in [0.717, 1.165) is 6.42 Å². The summed E-state index contributed by atoms with van der Waals surface area (Å²) in [5.74, 6) is -0.983. The number of carboxylic acids is 1. The first-order chi connectivity index (χ1) is 9.86. The molecule has 116 valence electrons. The van der Waals surface area contributed by atoms with E-state index in [1.54, 1.807) is 0 Å². The Kier molecular flexibility index (Phi) is 5.23. The van der Waals surface area contributed by atoms with Crippen LogP contribution in [0.1, 0.15) is 23.2 Å². The van der Waals surface area contributed by atoms with Gasteiger partial charge in [0.25, 0.3) is 0 Å². The van der Waals surface area contributed by atoms with Crippen LogP contribution in [0.25, 0.3) is 0 Å². The van der Waals surface area contributed by atoms with Gasteiger partial charge in [-0.15, -0.1) is 0 Å². The van der Waals surface area contributed by atoms with Crippen LogP contribution in [0.2, 0.25) is 0 Å². The Hall–Kier alpha value is -0.710. The molecule has 1 aliphatic rings. The third kappa shape index (κ3) is 3.55. The second kappa shape index (κ2) is 6.59. The molecule has 0 amide bonds. The molecule has 1 aromatic rings. The molecular weight excluding hydrogens is 409 g/mol. The third-order valence-corrected chi connectivity index (χ3v) is 6.39. The van der Waals surface area contributed by atoms with Crippen molar-refractivity contribution in [1.82, 2.24) is 4.31 Å². The third-order valence-electron chi connectivity index (χ3n) is 3.59. The van der Waals surface area contributed by atoms with E-state index in [1.807, 2.05) is 22.6 Å². The van der Waals surface area contributed by atoms with Crippen molar-refractivity contribution in [1.29, 1.82) is 0 Å². The topological polar surface area (TPSA) is 94.9 Å². The number of aromatic carboxylic acids is 1. The van der Waals surface area contributed by atoms with E-state index < -0.39 is 16.0 Å². The number of hydrogen-bond donors (Lipinski definition) is 2. The van der Waals surface area contributed by atoms with Gasteiger partial charge in [-0.3, -0.25) is 0 Å². The Labute approximate surface area is 137 Å². The van der Waals surface area contributed by atoms with Crippen molar-refractivity contribution in [3.63, 3.8) is 0 Å². The van der Waals surface area contributed by atoms with Crippen LogP contribution in [0.4, 0.5) is 0 Å². The zero-order chi connectivity index (χ0) is 15.6. The van der Waals surface area contributed by atoms with Crippen molar-refractivity contribution in [3.05, 3.63) is 27.3 Å². The van der Waals surface area contributed by atoms with Crippen LogP contribution in [0, 0.1) is 9.49 Å². The summed E-state index contributed by atoms with van der Waals surface area (Å²) in [6, 6.07) is 4.14. The van der Waals surface area contributed by atoms with Gasteiger partial charge in [-0.2, -0.15) is 4.31 Å². The van der Waals surface area contributed by atoms with Crippen molar-refractivity contribution in [2.24, 2.45) is 5.92 Å². The lowest BCUT2D eigenvalue weighted by atomic mass is 10.1. The lowest BCUT2D eigenvalue weighted by molar-refractivity contribution is 0.0695. The van der Waals surface area contributed by atoms with Crippen LogP contribution < -0.4 is 0 Å². The summed E-state index contributed by atoms with van der Waals surface area (Å²) in [5, 5.41) is 18.0. The minimum Gasteiger partial charge on any atom is -0.478 e. The quantitative estimate of drug-likeness (QED) is 0.696. The Balaban J connectivity index is 2.28. The maximum Gasteiger partial charge on any atom is 0.336 e. The van der Waals surface area contributed by atoms with Gasteiger partial charge in [-0.05, 0) is 59.5 Å². The van der Waals surface area contributed by atoms with Gasteiger partial charge in [0.1, 0.15) is 0 Å². The second-order valence-electron chi connectivity index (χ2n) is 4.98. The first-order valence-electron chi connectivity index (χ1n) is 6.50. The smallest absolute Gasteiger partial charge is 0.336 e. The van der Waals surface area contributed by atoms with E-state index >= 15 is 0 Å². The van der Waals surface area contributed by atoms with Crippen LogP contribution in [0.15, 0.2) is 23.1 Å². The number of benzene rings is 1. The first kappa shape index (κ1) is 16.7. The van der Waals surface area contributed by atoms with Crippen LogP contribution in [-0.4, -0.2) is 48.6 Å². The highest BCUT2D eigenvalue weighted by Gasteiger charge is 2.32. The van der Waals surface area contributed by atoms with Gasteiger partial charge in [0.15, 0.2) is 0 Å². The standard InChI is InChI=1S/C13H16INO5S/c14-12-2-1-10(7-11(12)13(17)18)21(19,20)15-5-3-9(8-15)4-6-16/h1-2,7,9,16H,3-6,8H2,(H,17,18). The fourth-order valence-electron chi connectivity index (χ4n) is 2.41. The highest BCUT2D eigenvalue weighted by Crippen LogP contribution is 2.27. The molecule has 1 heterocycles. The van der Waals surface area contributed by atoms with Gasteiger partial charge in [-0.1, -0.05) is 0 Å². The molecule has 0 bridgehead atoms. The van der Waals surface area contributed by atoms with Gasteiger partial charge in [0, 0.05) is 23.3 Å². The van der Waals surface area contributed by atoms with Crippen LogP contribution in [0.5, 0.6) is 0 Å². The minimum atomic E-state index is -3.68. The monoisotopic (exact) mass is 425 g/mol. The number of nitrogens with zero attached hydrogens (tertiary/aromatic N) is 1. The molecule has 0 spiro atoms. The number of aliphatic hydroxyl groups is 1. The Morgan fingerprint density at radius 2 is 2.14 bits per heavy atom. The Morgan fingerprint density at radius 3 is 2.76 bits per heavy atom. The predicted molar refractivity (Wildman–Crippen MR) is 84.7 cm³/mol. The number of aliphatic hydroxyl groups excluding tert-OH is 1. The highest BCUT2D eigenvalue weighted by molar-refractivity contribution is 14.1. The average molecular weight is 425 g/mol. The summed E-state index contributed by atoms with van der Waals surface area (Å²) >= 11 is 1.87. The molecule has 1 aromatic carbocycles. The van der Waals surface area contributed by atoms with Gasteiger partial charge in [-0.25, -0.2) is 13.2 Å². The molecule has 0 saturated carbocycles. The van der Waals surface area contributed by atoms with Gasteiger partial charge in [0.05, 0.1) is 10.5 Å². The fraction of sp³-hybridized carbons (Fsp3) is 0.462. The summed E-state index contributed by atoms with van der Waals surface area (Å²) in [7, 11) is -3.68. The molecular formula is C13H16INO5S. The zero-order valence-corrected chi connectivity index (χ0v) is 14.2. The van der Waals surface area contributed by atoms with Gasteiger partial charge < -0.3 is 10.2 Å². The van der Waals surface area contributed by atoms with Crippen LogP contribution in [0.3, 0.4) is 0 Å². The summed E-state index contributed by atoms with van der Waals surface area (Å²) in [4.78, 5) is 11.1. The van der Waals surface area contributed by atoms with Gasteiger partial charge in [0.2, 0.25) is 10.0 Å². The first-order valence-corrected chi connectivity index (χ1v) is 9.02. The number of rotatable bonds is 5. The normalized spacial score (nSPS) is 19.8. The number of carbonyl (C=O) groups is 1. The van der Waals surface area contributed by atoms with Crippen LogP contribution in [-0.2, 0) is 10.0 Å². The average Bonchev–Trinajstić information content (AvgIpc) is 2.88. The largest absolute Gasteiger partial charge is 0.478 e. The number of carboxylic acid groups (broad SMARTS) is 1. The number of hydrogen-bond acceptors (Lipinski definition) is 4. The van der Waals surface area contributed by atoms with Crippen molar-refractivity contribution < 1.29 is 23.4 Å². The van der Waals surface area contributed by atoms with Crippen molar-refractivity contribution in [2.75, 3.05) is 19.7 Å². The van der Waals surface area contributed by atoms with Crippen LogP contribution >= 0.6 is 22.6 Å². The van der Waals surface area contributed by atoms with Crippen molar-refractivity contribution in [3.8, 4) is 0 Å². The maximum absolute atomic E-state index is 12.5. The molecule has 1 unspecified atom stereocenters. The molecule has 2 N–H and O–H groups in total. The maximum atomic E-state index is 12.5. The number of sulfonamides is 1. The molecule has 0 aromatic heterocycles. The molecule has 8 heteroatoms. The summed E-state index contributed by atoms with van der Waals surface area (Å²) < 4.78 is 26.9. The van der Waals surface area contributed by atoms with E-state index in [2.05, 4.69) is 0 Å². The summed E-state index contributed by atoms with van der Waals surface area (Å²) in [6.07, 6.45) is 1.30.